The Kier molecular flexibility index (Phi) is 5.20. The van der Waals surface area contributed by atoms with E-state index in [1.807, 2.05) is 0 Å². The van der Waals surface area contributed by atoms with Crippen molar-refractivity contribution in [1.82, 2.24) is 10.3 Å². The van der Waals surface area contributed by atoms with E-state index in [2.05, 4.69) is 10.3 Å². The smallest absolute Gasteiger partial charge is 0.367 e. The summed E-state index contributed by atoms with van der Waals surface area (Å²) >= 11 is 1.03. The standard InChI is InChI=1S/C12H17N3O4S/c1-4-19-11(18)10-14-7(6-20-10)9(17)15-12(2,3)5-8(13)16/h6H,4-5H2,1-3H3,(H2,13,16)(H,15,17). The molecular weight excluding hydrogens is 282 g/mol. The number of thiazole rings is 1. The van der Waals surface area contributed by atoms with Crippen LogP contribution in [-0.2, 0) is 9.53 Å². The molecule has 0 saturated carbocycles. The maximum atomic E-state index is 12.0. The van der Waals surface area contributed by atoms with Gasteiger partial charge in [-0.15, -0.1) is 11.3 Å². The Labute approximate surface area is 120 Å². The lowest BCUT2D eigenvalue weighted by Gasteiger charge is -2.24. The van der Waals surface area contributed by atoms with Crippen LogP contribution in [0.5, 0.6) is 0 Å². The van der Waals surface area contributed by atoms with Crippen LogP contribution in [0.2, 0.25) is 0 Å². The van der Waals surface area contributed by atoms with Crippen molar-refractivity contribution >= 4 is 29.1 Å². The molecule has 7 nitrogen and oxygen atoms in total. The van der Waals surface area contributed by atoms with Gasteiger partial charge in [0.15, 0.2) is 0 Å². The van der Waals surface area contributed by atoms with Crippen molar-refractivity contribution in [3.63, 3.8) is 0 Å². The number of primary amides is 1. The number of carbonyl (C=O) groups is 3. The number of amides is 2. The second-order valence-electron chi connectivity index (χ2n) is 4.74. The zero-order valence-electron chi connectivity index (χ0n) is 11.6. The van der Waals surface area contributed by atoms with E-state index in [4.69, 9.17) is 10.5 Å². The predicted octanol–water partition coefficient (Wildman–Crippen LogP) is 0.704. The summed E-state index contributed by atoms with van der Waals surface area (Å²) in [6.07, 6.45) is 0.00755. The lowest BCUT2D eigenvalue weighted by molar-refractivity contribution is -0.119. The molecule has 110 valence electrons. The Morgan fingerprint density at radius 1 is 1.45 bits per heavy atom. The molecule has 0 atom stereocenters. The number of nitrogens with zero attached hydrogens (tertiary/aromatic N) is 1. The summed E-state index contributed by atoms with van der Waals surface area (Å²) in [6, 6.07) is 0. The molecule has 1 rings (SSSR count). The van der Waals surface area contributed by atoms with E-state index in [0.717, 1.165) is 11.3 Å². The van der Waals surface area contributed by atoms with Gasteiger partial charge in [0.1, 0.15) is 5.69 Å². The summed E-state index contributed by atoms with van der Waals surface area (Å²) in [4.78, 5) is 38.2. The molecule has 3 N–H and O–H groups in total. The maximum Gasteiger partial charge on any atom is 0.367 e. The van der Waals surface area contributed by atoms with Gasteiger partial charge in [-0.05, 0) is 20.8 Å². The molecule has 8 heteroatoms. The molecule has 1 heterocycles. The van der Waals surface area contributed by atoms with E-state index in [9.17, 15) is 14.4 Å². The van der Waals surface area contributed by atoms with Gasteiger partial charge in [0.05, 0.1) is 6.61 Å². The maximum absolute atomic E-state index is 12.0. The number of nitrogens with two attached hydrogens (primary N) is 1. The lowest BCUT2D eigenvalue weighted by Crippen LogP contribution is -2.46. The number of esters is 1. The minimum Gasteiger partial charge on any atom is -0.461 e. The monoisotopic (exact) mass is 299 g/mol. The highest BCUT2D eigenvalue weighted by Crippen LogP contribution is 2.14. The van der Waals surface area contributed by atoms with E-state index in [1.54, 1.807) is 20.8 Å². The van der Waals surface area contributed by atoms with Crippen molar-refractivity contribution in [2.75, 3.05) is 6.61 Å². The minimum atomic E-state index is -0.781. The molecule has 0 aliphatic carbocycles. The third-order valence-electron chi connectivity index (χ3n) is 2.25. The number of rotatable bonds is 6. The molecule has 2 amide bonds. The molecule has 1 aromatic heterocycles. The van der Waals surface area contributed by atoms with Crippen LogP contribution in [0.1, 0.15) is 47.5 Å². The number of hydrogen-bond acceptors (Lipinski definition) is 6. The van der Waals surface area contributed by atoms with E-state index in [1.165, 1.54) is 5.38 Å². The van der Waals surface area contributed by atoms with Crippen molar-refractivity contribution in [3.05, 3.63) is 16.1 Å². The first-order chi connectivity index (χ1) is 9.25. The fraction of sp³-hybridized carbons (Fsp3) is 0.500. The average Bonchev–Trinajstić information content (AvgIpc) is 2.75. The molecular formula is C12H17N3O4S. The minimum absolute atomic E-state index is 0.00755. The van der Waals surface area contributed by atoms with Gasteiger partial charge >= 0.3 is 5.97 Å². The summed E-state index contributed by atoms with van der Waals surface area (Å²) in [5.74, 6) is -1.54. The Bertz CT molecular complexity index is 525. The second-order valence-corrected chi connectivity index (χ2v) is 5.60. The zero-order valence-corrected chi connectivity index (χ0v) is 12.4. The lowest BCUT2D eigenvalue weighted by atomic mass is 10.0. The molecule has 0 aliphatic rings. The van der Waals surface area contributed by atoms with Gasteiger partial charge in [-0.25, -0.2) is 9.78 Å². The van der Waals surface area contributed by atoms with Gasteiger partial charge in [-0.2, -0.15) is 0 Å². The quantitative estimate of drug-likeness (QED) is 0.751. The van der Waals surface area contributed by atoms with Crippen LogP contribution in [0.25, 0.3) is 0 Å². The Hall–Kier alpha value is -1.96. The van der Waals surface area contributed by atoms with Crippen LogP contribution in [0.3, 0.4) is 0 Å². The SMILES string of the molecule is CCOC(=O)c1nc(C(=O)NC(C)(C)CC(N)=O)cs1. The van der Waals surface area contributed by atoms with Crippen molar-refractivity contribution in [3.8, 4) is 0 Å². The van der Waals surface area contributed by atoms with Crippen LogP contribution in [0.15, 0.2) is 5.38 Å². The molecule has 20 heavy (non-hydrogen) atoms. The van der Waals surface area contributed by atoms with Crippen LogP contribution in [0, 0.1) is 0 Å². The van der Waals surface area contributed by atoms with Crippen molar-refractivity contribution in [2.45, 2.75) is 32.7 Å². The number of hydrogen-bond donors (Lipinski definition) is 2. The molecule has 0 fully saturated rings. The van der Waals surface area contributed by atoms with Crippen LogP contribution in [0.4, 0.5) is 0 Å². The molecule has 1 aromatic rings. The van der Waals surface area contributed by atoms with Crippen molar-refractivity contribution in [1.29, 1.82) is 0 Å². The Morgan fingerprint density at radius 2 is 2.10 bits per heavy atom. The van der Waals surface area contributed by atoms with Gasteiger partial charge in [0, 0.05) is 17.3 Å². The van der Waals surface area contributed by atoms with Gasteiger partial charge in [0.25, 0.3) is 5.91 Å². The molecule has 0 aromatic carbocycles. The topological polar surface area (TPSA) is 111 Å². The van der Waals surface area contributed by atoms with Crippen LogP contribution >= 0.6 is 11.3 Å². The third-order valence-corrected chi connectivity index (χ3v) is 3.08. The zero-order chi connectivity index (χ0) is 15.3. The molecule has 0 radical (unpaired) electrons. The highest BCUT2D eigenvalue weighted by atomic mass is 32.1. The number of nitrogens with one attached hydrogen (secondary N) is 1. The number of carbonyl (C=O) groups excluding carboxylic acids is 3. The molecule has 0 saturated heterocycles. The number of aromatic nitrogens is 1. The Balaban J connectivity index is 2.74. The highest BCUT2D eigenvalue weighted by Gasteiger charge is 2.25. The average molecular weight is 299 g/mol. The molecule has 0 spiro atoms. The first kappa shape index (κ1) is 16.1. The first-order valence-electron chi connectivity index (χ1n) is 5.98. The number of ether oxygens (including phenoxy) is 1. The molecule has 0 unspecified atom stereocenters. The van der Waals surface area contributed by atoms with E-state index < -0.39 is 23.3 Å². The Morgan fingerprint density at radius 3 is 2.65 bits per heavy atom. The van der Waals surface area contributed by atoms with Crippen LogP contribution in [-0.4, -0.2) is 34.9 Å². The third kappa shape index (κ3) is 4.61. The van der Waals surface area contributed by atoms with E-state index in [0.29, 0.717) is 0 Å². The summed E-state index contributed by atoms with van der Waals surface area (Å²) in [5.41, 5.74) is 4.43. The van der Waals surface area contributed by atoms with E-state index in [-0.39, 0.29) is 23.7 Å². The summed E-state index contributed by atoms with van der Waals surface area (Å²) in [7, 11) is 0. The largest absolute Gasteiger partial charge is 0.461 e. The summed E-state index contributed by atoms with van der Waals surface area (Å²) in [6.45, 7) is 5.28. The molecule has 0 bridgehead atoms. The first-order valence-corrected chi connectivity index (χ1v) is 6.86. The van der Waals surface area contributed by atoms with E-state index >= 15 is 0 Å². The van der Waals surface area contributed by atoms with Crippen molar-refractivity contribution in [2.24, 2.45) is 5.73 Å². The summed E-state index contributed by atoms with van der Waals surface area (Å²) < 4.78 is 4.79. The second kappa shape index (κ2) is 6.47. The highest BCUT2D eigenvalue weighted by molar-refractivity contribution is 7.11. The van der Waals surface area contributed by atoms with Gasteiger partial charge in [-0.1, -0.05) is 0 Å². The molecule has 0 aliphatic heterocycles. The van der Waals surface area contributed by atoms with Gasteiger partial charge in [0.2, 0.25) is 10.9 Å². The summed E-state index contributed by atoms with van der Waals surface area (Å²) in [5, 5.41) is 4.22. The van der Waals surface area contributed by atoms with Gasteiger partial charge in [-0.3, -0.25) is 9.59 Å². The fourth-order valence-corrected chi connectivity index (χ4v) is 2.20. The van der Waals surface area contributed by atoms with Crippen molar-refractivity contribution < 1.29 is 19.1 Å². The van der Waals surface area contributed by atoms with Crippen LogP contribution < -0.4 is 11.1 Å². The predicted molar refractivity (Wildman–Crippen MR) is 73.4 cm³/mol. The fourth-order valence-electron chi connectivity index (χ4n) is 1.52. The van der Waals surface area contributed by atoms with Gasteiger partial charge < -0.3 is 15.8 Å². The normalized spacial score (nSPS) is 10.9.